The fourth-order valence-electron chi connectivity index (χ4n) is 1.63. The molecule has 2 nitrogen and oxygen atoms in total. The van der Waals surface area contributed by atoms with Gasteiger partial charge >= 0.3 is 0 Å². The number of nitrogens with one attached hydrogen (secondary N) is 1. The van der Waals surface area contributed by atoms with Crippen molar-refractivity contribution in [2.24, 2.45) is 5.92 Å². The fraction of sp³-hybridized carbons (Fsp3) is 1.00. The third kappa shape index (κ3) is 5.61. The minimum absolute atomic E-state index is 0.220. The van der Waals surface area contributed by atoms with Gasteiger partial charge in [-0.1, -0.05) is 19.3 Å². The molecule has 0 unspecified atom stereocenters. The van der Waals surface area contributed by atoms with Gasteiger partial charge in [0, 0.05) is 18.7 Å². The molecule has 1 N–H and O–H groups in total. The Kier molecular flexibility index (Phi) is 4.90. The predicted molar refractivity (Wildman–Crippen MR) is 60.5 cm³/mol. The van der Waals surface area contributed by atoms with Crippen molar-refractivity contribution in [1.82, 2.24) is 5.32 Å². The summed E-state index contributed by atoms with van der Waals surface area (Å²) < 4.78 is 5.57. The topological polar surface area (TPSA) is 21.3 Å². The van der Waals surface area contributed by atoms with Crippen LogP contribution in [-0.4, -0.2) is 25.3 Å². The van der Waals surface area contributed by atoms with Crippen LogP contribution in [-0.2, 0) is 4.74 Å². The lowest BCUT2D eigenvalue weighted by Gasteiger charge is -2.25. The van der Waals surface area contributed by atoms with Crippen molar-refractivity contribution in [2.75, 3.05) is 19.8 Å². The van der Waals surface area contributed by atoms with E-state index in [9.17, 15) is 0 Å². The molecule has 0 atom stereocenters. The van der Waals surface area contributed by atoms with Gasteiger partial charge in [-0.2, -0.15) is 0 Å². The highest BCUT2D eigenvalue weighted by molar-refractivity contribution is 4.70. The Labute approximate surface area is 88.4 Å². The van der Waals surface area contributed by atoms with E-state index < -0.39 is 0 Å². The van der Waals surface area contributed by atoms with E-state index in [1.165, 1.54) is 25.7 Å². The molecular formula is C12H25NO. The Morgan fingerprint density at radius 2 is 1.93 bits per heavy atom. The largest absolute Gasteiger partial charge is 0.380 e. The SMILES string of the molecule is CC(C)(C)NCCOCCC1CCC1. The maximum atomic E-state index is 5.57. The van der Waals surface area contributed by atoms with Crippen LogP contribution in [0.15, 0.2) is 0 Å². The van der Waals surface area contributed by atoms with Crippen LogP contribution >= 0.6 is 0 Å². The maximum Gasteiger partial charge on any atom is 0.0591 e. The zero-order chi connectivity index (χ0) is 10.4. The first kappa shape index (κ1) is 12.0. The molecule has 0 aromatic heterocycles. The van der Waals surface area contributed by atoms with Gasteiger partial charge in [-0.05, 0) is 33.1 Å². The van der Waals surface area contributed by atoms with E-state index in [-0.39, 0.29) is 5.54 Å². The van der Waals surface area contributed by atoms with E-state index in [0.29, 0.717) is 0 Å². The predicted octanol–water partition coefficient (Wildman–Crippen LogP) is 2.58. The zero-order valence-corrected chi connectivity index (χ0v) is 9.94. The number of ether oxygens (including phenoxy) is 1. The van der Waals surface area contributed by atoms with Crippen LogP contribution in [0.5, 0.6) is 0 Å². The molecule has 14 heavy (non-hydrogen) atoms. The zero-order valence-electron chi connectivity index (χ0n) is 9.94. The van der Waals surface area contributed by atoms with Gasteiger partial charge in [0.2, 0.25) is 0 Å². The van der Waals surface area contributed by atoms with Gasteiger partial charge in [0.05, 0.1) is 6.61 Å². The Bertz CT molecular complexity index is 147. The monoisotopic (exact) mass is 199 g/mol. The van der Waals surface area contributed by atoms with Crippen LogP contribution in [0, 0.1) is 5.92 Å². The van der Waals surface area contributed by atoms with E-state index in [1.807, 2.05) is 0 Å². The van der Waals surface area contributed by atoms with Gasteiger partial charge < -0.3 is 10.1 Å². The van der Waals surface area contributed by atoms with Gasteiger partial charge in [0.25, 0.3) is 0 Å². The van der Waals surface area contributed by atoms with Crippen molar-refractivity contribution in [2.45, 2.75) is 52.0 Å². The van der Waals surface area contributed by atoms with Crippen molar-refractivity contribution < 1.29 is 4.74 Å². The number of hydrogen-bond acceptors (Lipinski definition) is 2. The summed E-state index contributed by atoms with van der Waals surface area (Å²) in [4.78, 5) is 0. The second-order valence-electron chi connectivity index (χ2n) is 5.37. The summed E-state index contributed by atoms with van der Waals surface area (Å²) in [6, 6.07) is 0. The molecule has 2 heteroatoms. The molecule has 1 fully saturated rings. The Hall–Kier alpha value is -0.0800. The van der Waals surface area contributed by atoms with Gasteiger partial charge in [0.1, 0.15) is 0 Å². The molecule has 0 aliphatic heterocycles. The van der Waals surface area contributed by atoms with Crippen molar-refractivity contribution in [3.63, 3.8) is 0 Å². The molecular weight excluding hydrogens is 174 g/mol. The average Bonchev–Trinajstić information content (AvgIpc) is 1.97. The molecule has 84 valence electrons. The van der Waals surface area contributed by atoms with Crippen molar-refractivity contribution in [3.05, 3.63) is 0 Å². The molecule has 0 bridgehead atoms. The summed E-state index contributed by atoms with van der Waals surface area (Å²) in [5.41, 5.74) is 0.220. The normalized spacial score (nSPS) is 18.2. The molecule has 0 aromatic carbocycles. The quantitative estimate of drug-likeness (QED) is 0.664. The summed E-state index contributed by atoms with van der Waals surface area (Å²) in [5.74, 6) is 0.977. The van der Waals surface area contributed by atoms with Gasteiger partial charge in [-0.3, -0.25) is 0 Å². The standard InChI is InChI=1S/C12H25NO/c1-12(2,3)13-8-10-14-9-7-11-5-4-6-11/h11,13H,4-10H2,1-3H3. The number of rotatable bonds is 6. The smallest absolute Gasteiger partial charge is 0.0591 e. The van der Waals surface area contributed by atoms with Gasteiger partial charge in [-0.15, -0.1) is 0 Å². The highest BCUT2D eigenvalue weighted by Gasteiger charge is 2.16. The maximum absolute atomic E-state index is 5.57. The average molecular weight is 199 g/mol. The van der Waals surface area contributed by atoms with Crippen molar-refractivity contribution in [1.29, 1.82) is 0 Å². The summed E-state index contributed by atoms with van der Waals surface area (Å²) >= 11 is 0. The van der Waals surface area contributed by atoms with E-state index >= 15 is 0 Å². The molecule has 0 aromatic rings. The Morgan fingerprint density at radius 1 is 1.21 bits per heavy atom. The summed E-state index contributed by atoms with van der Waals surface area (Å²) in [6.45, 7) is 9.32. The van der Waals surface area contributed by atoms with Crippen LogP contribution in [0.3, 0.4) is 0 Å². The molecule has 0 heterocycles. The van der Waals surface area contributed by atoms with Crippen molar-refractivity contribution >= 4 is 0 Å². The van der Waals surface area contributed by atoms with Gasteiger partial charge in [0.15, 0.2) is 0 Å². The third-order valence-corrected chi connectivity index (χ3v) is 2.80. The van der Waals surface area contributed by atoms with E-state index in [0.717, 1.165) is 25.7 Å². The molecule has 1 aliphatic carbocycles. The first-order valence-corrected chi connectivity index (χ1v) is 5.91. The summed E-state index contributed by atoms with van der Waals surface area (Å²) in [6.07, 6.45) is 5.58. The Balaban J connectivity index is 1.80. The minimum Gasteiger partial charge on any atom is -0.380 e. The van der Waals surface area contributed by atoms with Crippen LogP contribution in [0.25, 0.3) is 0 Å². The van der Waals surface area contributed by atoms with E-state index in [1.54, 1.807) is 0 Å². The van der Waals surface area contributed by atoms with Crippen LogP contribution in [0.4, 0.5) is 0 Å². The first-order chi connectivity index (χ1) is 6.58. The van der Waals surface area contributed by atoms with Crippen LogP contribution in [0.2, 0.25) is 0 Å². The highest BCUT2D eigenvalue weighted by Crippen LogP contribution is 2.28. The molecule has 0 amide bonds. The summed E-state index contributed by atoms with van der Waals surface area (Å²) in [7, 11) is 0. The van der Waals surface area contributed by atoms with Crippen LogP contribution < -0.4 is 5.32 Å². The summed E-state index contributed by atoms with van der Waals surface area (Å²) in [5, 5.41) is 3.41. The molecule has 1 saturated carbocycles. The fourth-order valence-corrected chi connectivity index (χ4v) is 1.63. The van der Waals surface area contributed by atoms with E-state index in [2.05, 4.69) is 26.1 Å². The number of hydrogen-bond donors (Lipinski definition) is 1. The molecule has 0 radical (unpaired) electrons. The lowest BCUT2D eigenvalue weighted by atomic mass is 9.83. The molecule has 0 spiro atoms. The lowest BCUT2D eigenvalue weighted by Crippen LogP contribution is -2.38. The third-order valence-electron chi connectivity index (χ3n) is 2.80. The van der Waals surface area contributed by atoms with Gasteiger partial charge in [-0.25, -0.2) is 0 Å². The molecule has 1 aliphatic rings. The van der Waals surface area contributed by atoms with E-state index in [4.69, 9.17) is 4.74 Å². The van der Waals surface area contributed by atoms with Crippen molar-refractivity contribution in [3.8, 4) is 0 Å². The molecule has 0 saturated heterocycles. The second kappa shape index (κ2) is 5.72. The second-order valence-corrected chi connectivity index (χ2v) is 5.37. The van der Waals surface area contributed by atoms with Crippen LogP contribution in [0.1, 0.15) is 46.5 Å². The first-order valence-electron chi connectivity index (χ1n) is 5.91. The minimum atomic E-state index is 0.220. The lowest BCUT2D eigenvalue weighted by molar-refractivity contribution is 0.105. The molecule has 1 rings (SSSR count). The Morgan fingerprint density at radius 3 is 2.43 bits per heavy atom. The highest BCUT2D eigenvalue weighted by atomic mass is 16.5.